The first-order chi connectivity index (χ1) is 14.2. The molecule has 0 aliphatic heterocycles. The monoisotopic (exact) mass is 414 g/mol. The third-order valence-electron chi connectivity index (χ3n) is 10.9. The summed E-state index contributed by atoms with van der Waals surface area (Å²) in [6, 6.07) is 0. The maximum absolute atomic E-state index is 10.3. The van der Waals surface area contributed by atoms with Gasteiger partial charge in [0.1, 0.15) is 0 Å². The van der Waals surface area contributed by atoms with Crippen LogP contribution in [0.5, 0.6) is 0 Å². The van der Waals surface area contributed by atoms with E-state index in [4.69, 9.17) is 0 Å². The van der Waals surface area contributed by atoms with Gasteiger partial charge < -0.3 is 5.11 Å². The molecule has 1 nitrogen and oxygen atoms in total. The van der Waals surface area contributed by atoms with Gasteiger partial charge in [0.05, 0.1) is 6.10 Å². The molecule has 1 heteroatoms. The predicted octanol–water partition coefficient (Wildman–Crippen LogP) is 8.02. The van der Waals surface area contributed by atoms with E-state index >= 15 is 0 Å². The van der Waals surface area contributed by atoms with Crippen LogP contribution < -0.4 is 0 Å². The summed E-state index contributed by atoms with van der Waals surface area (Å²) in [4.78, 5) is 0. The molecule has 0 amide bonds. The second-order valence-corrected chi connectivity index (χ2v) is 13.0. The predicted molar refractivity (Wildman–Crippen MR) is 128 cm³/mol. The Morgan fingerprint density at radius 3 is 2.47 bits per heavy atom. The van der Waals surface area contributed by atoms with Gasteiger partial charge in [-0.3, -0.25) is 0 Å². The topological polar surface area (TPSA) is 20.2 Å². The van der Waals surface area contributed by atoms with Crippen molar-refractivity contribution >= 4 is 0 Å². The summed E-state index contributed by atoms with van der Waals surface area (Å²) in [6.07, 6.45) is 17.1. The minimum atomic E-state index is -0.0798. The van der Waals surface area contributed by atoms with Crippen LogP contribution in [0.4, 0.5) is 0 Å². The summed E-state index contributed by atoms with van der Waals surface area (Å²) >= 11 is 0. The SMILES string of the molecule is CC[C@H](CC(C)C)C[C@@H](C)[C@H]1CC[C@H]2[C@@H]3CC=C4C[C@@H](O)CC[C@]4(C)[C@H]3CC[C@]12C. The van der Waals surface area contributed by atoms with E-state index in [9.17, 15) is 5.11 Å². The fourth-order valence-corrected chi connectivity index (χ4v) is 9.40. The second kappa shape index (κ2) is 8.57. The van der Waals surface area contributed by atoms with Gasteiger partial charge >= 0.3 is 0 Å². The van der Waals surface area contributed by atoms with Crippen molar-refractivity contribution in [1.82, 2.24) is 0 Å². The number of fused-ring (bicyclic) bond motifs is 5. The van der Waals surface area contributed by atoms with Crippen molar-refractivity contribution in [2.75, 3.05) is 0 Å². The Morgan fingerprint density at radius 2 is 1.77 bits per heavy atom. The molecule has 0 aromatic carbocycles. The zero-order valence-corrected chi connectivity index (χ0v) is 20.9. The molecular formula is C29H50O. The molecule has 0 radical (unpaired) electrons. The van der Waals surface area contributed by atoms with Crippen LogP contribution in [0.1, 0.15) is 112 Å². The number of hydrogen-bond donors (Lipinski definition) is 1. The van der Waals surface area contributed by atoms with Crippen molar-refractivity contribution in [3.63, 3.8) is 0 Å². The summed E-state index contributed by atoms with van der Waals surface area (Å²) in [5, 5.41) is 10.3. The molecule has 0 bridgehead atoms. The first-order valence-corrected chi connectivity index (χ1v) is 13.6. The minimum absolute atomic E-state index is 0.0798. The van der Waals surface area contributed by atoms with Gasteiger partial charge in [0, 0.05) is 0 Å². The average molecular weight is 415 g/mol. The zero-order valence-electron chi connectivity index (χ0n) is 20.9. The third-order valence-corrected chi connectivity index (χ3v) is 10.9. The third kappa shape index (κ3) is 3.84. The van der Waals surface area contributed by atoms with Crippen molar-refractivity contribution in [2.24, 2.45) is 52.3 Å². The van der Waals surface area contributed by atoms with E-state index in [1.165, 1.54) is 57.8 Å². The van der Waals surface area contributed by atoms with Gasteiger partial charge in [-0.25, -0.2) is 0 Å². The fourth-order valence-electron chi connectivity index (χ4n) is 9.40. The van der Waals surface area contributed by atoms with E-state index in [1.807, 2.05) is 0 Å². The van der Waals surface area contributed by atoms with E-state index in [2.05, 4.69) is 47.6 Å². The van der Waals surface area contributed by atoms with Crippen molar-refractivity contribution in [3.05, 3.63) is 11.6 Å². The standard InChI is InChI=1S/C29H50O/c1-7-21(16-19(2)3)17-20(4)25-10-11-26-24-9-8-22-18-23(30)12-14-28(22,5)27(24)13-15-29(25,26)6/h8,19-21,23-27,30H,7,9-18H2,1-6H3/t20-,21-,23+,24+,25-,26+,27+,28+,29-/m1/s1. The molecule has 0 saturated heterocycles. The van der Waals surface area contributed by atoms with Gasteiger partial charge in [-0.05, 0) is 116 Å². The molecule has 0 heterocycles. The first kappa shape index (κ1) is 22.9. The molecule has 172 valence electrons. The van der Waals surface area contributed by atoms with Crippen molar-refractivity contribution in [3.8, 4) is 0 Å². The van der Waals surface area contributed by atoms with Gasteiger partial charge in [0.25, 0.3) is 0 Å². The Balaban J connectivity index is 1.50. The van der Waals surface area contributed by atoms with E-state index in [0.29, 0.717) is 10.8 Å². The molecule has 0 unspecified atom stereocenters. The molecule has 4 aliphatic rings. The Morgan fingerprint density at radius 1 is 1.00 bits per heavy atom. The molecule has 9 atom stereocenters. The van der Waals surface area contributed by atoms with Crippen LogP contribution in [0.2, 0.25) is 0 Å². The summed E-state index contributed by atoms with van der Waals surface area (Å²) < 4.78 is 0. The van der Waals surface area contributed by atoms with Crippen LogP contribution in [-0.4, -0.2) is 11.2 Å². The zero-order chi connectivity index (χ0) is 21.7. The lowest BCUT2D eigenvalue weighted by Crippen LogP contribution is -2.50. The molecule has 1 N–H and O–H groups in total. The molecule has 0 spiro atoms. The highest BCUT2D eigenvalue weighted by Crippen LogP contribution is 2.67. The van der Waals surface area contributed by atoms with Crippen LogP contribution >= 0.6 is 0 Å². The molecule has 0 aromatic heterocycles. The summed E-state index contributed by atoms with van der Waals surface area (Å²) in [5.74, 6) is 6.31. The Labute approximate surface area is 187 Å². The van der Waals surface area contributed by atoms with Crippen molar-refractivity contribution in [2.45, 2.75) is 118 Å². The van der Waals surface area contributed by atoms with Gasteiger partial charge in [-0.15, -0.1) is 0 Å². The molecule has 3 saturated carbocycles. The number of hydrogen-bond acceptors (Lipinski definition) is 1. The van der Waals surface area contributed by atoms with E-state index in [0.717, 1.165) is 54.3 Å². The van der Waals surface area contributed by atoms with Crippen LogP contribution in [0.15, 0.2) is 11.6 Å². The molecule has 4 rings (SSSR count). The van der Waals surface area contributed by atoms with Crippen LogP contribution in [0, 0.1) is 52.3 Å². The van der Waals surface area contributed by atoms with E-state index < -0.39 is 0 Å². The molecular weight excluding hydrogens is 364 g/mol. The lowest BCUT2D eigenvalue weighted by molar-refractivity contribution is -0.0582. The first-order valence-electron chi connectivity index (χ1n) is 13.6. The second-order valence-electron chi connectivity index (χ2n) is 13.0. The minimum Gasteiger partial charge on any atom is -0.393 e. The molecule has 4 aliphatic carbocycles. The van der Waals surface area contributed by atoms with Gasteiger partial charge in [0.15, 0.2) is 0 Å². The smallest absolute Gasteiger partial charge is 0.0577 e. The largest absolute Gasteiger partial charge is 0.393 e. The van der Waals surface area contributed by atoms with E-state index in [1.54, 1.807) is 5.57 Å². The maximum Gasteiger partial charge on any atom is 0.0577 e. The maximum atomic E-state index is 10.3. The lowest BCUT2D eigenvalue weighted by Gasteiger charge is -2.58. The summed E-state index contributed by atoms with van der Waals surface area (Å²) in [7, 11) is 0. The number of aliphatic hydroxyl groups excluding tert-OH is 1. The normalized spacial score (nSPS) is 45.3. The van der Waals surface area contributed by atoms with Gasteiger partial charge in [-0.2, -0.15) is 0 Å². The molecule has 3 fully saturated rings. The summed E-state index contributed by atoms with van der Waals surface area (Å²) in [6.45, 7) is 15.1. The van der Waals surface area contributed by atoms with Crippen LogP contribution in [0.3, 0.4) is 0 Å². The highest BCUT2D eigenvalue weighted by atomic mass is 16.3. The Bertz CT molecular complexity index is 634. The number of rotatable bonds is 6. The van der Waals surface area contributed by atoms with Crippen LogP contribution in [0.25, 0.3) is 0 Å². The van der Waals surface area contributed by atoms with Gasteiger partial charge in [-0.1, -0.05) is 59.6 Å². The van der Waals surface area contributed by atoms with Crippen LogP contribution in [-0.2, 0) is 0 Å². The van der Waals surface area contributed by atoms with E-state index in [-0.39, 0.29) is 6.10 Å². The Hall–Kier alpha value is -0.300. The molecule has 30 heavy (non-hydrogen) atoms. The number of allylic oxidation sites excluding steroid dienone is 1. The van der Waals surface area contributed by atoms with Crippen molar-refractivity contribution < 1.29 is 5.11 Å². The fraction of sp³-hybridized carbons (Fsp3) is 0.931. The average Bonchev–Trinajstić information content (AvgIpc) is 3.05. The quantitative estimate of drug-likeness (QED) is 0.436. The van der Waals surface area contributed by atoms with Gasteiger partial charge in [0.2, 0.25) is 0 Å². The number of aliphatic hydroxyl groups is 1. The highest BCUT2D eigenvalue weighted by Gasteiger charge is 2.59. The Kier molecular flexibility index (Phi) is 6.53. The highest BCUT2D eigenvalue weighted by molar-refractivity contribution is 5.25. The summed E-state index contributed by atoms with van der Waals surface area (Å²) in [5.41, 5.74) is 2.58. The lowest BCUT2D eigenvalue weighted by atomic mass is 9.47. The molecule has 0 aromatic rings. The van der Waals surface area contributed by atoms with Crippen molar-refractivity contribution in [1.29, 1.82) is 0 Å².